The molecule has 1 N–H and O–H groups in total. The quantitative estimate of drug-likeness (QED) is 0.782. The second kappa shape index (κ2) is 8.31. The molecule has 0 heterocycles. The first kappa shape index (κ1) is 21.3. The van der Waals surface area contributed by atoms with Crippen molar-refractivity contribution in [1.29, 1.82) is 0 Å². The number of nitrogens with one attached hydrogen (secondary N) is 1. The van der Waals surface area contributed by atoms with Crippen molar-refractivity contribution in [2.75, 3.05) is 6.26 Å². The summed E-state index contributed by atoms with van der Waals surface area (Å²) in [6.45, 7) is 7.27. The standard InChI is InChI=1S/C20H24ClNO4S/c1-12-10-17(11-13(2)19(12)21)26-15(4)20(23)22-14(3)16-6-8-18(9-7-16)27(5,24)25/h6-11,14-15H,1-5H3,(H,22,23). The van der Waals surface area contributed by atoms with Gasteiger partial charge in [0.25, 0.3) is 5.91 Å². The zero-order valence-corrected chi connectivity index (χ0v) is 17.6. The van der Waals surface area contributed by atoms with Crippen molar-refractivity contribution in [3.63, 3.8) is 0 Å². The molecule has 0 spiro atoms. The number of rotatable bonds is 6. The van der Waals surface area contributed by atoms with Crippen molar-refractivity contribution in [3.8, 4) is 5.75 Å². The van der Waals surface area contributed by atoms with Gasteiger partial charge in [0.15, 0.2) is 15.9 Å². The van der Waals surface area contributed by atoms with E-state index in [1.165, 1.54) is 12.1 Å². The minimum Gasteiger partial charge on any atom is -0.481 e. The van der Waals surface area contributed by atoms with Gasteiger partial charge in [0, 0.05) is 11.3 Å². The van der Waals surface area contributed by atoms with E-state index in [0.717, 1.165) is 22.9 Å². The molecule has 0 radical (unpaired) electrons. The van der Waals surface area contributed by atoms with Crippen molar-refractivity contribution >= 4 is 27.3 Å². The largest absolute Gasteiger partial charge is 0.481 e. The van der Waals surface area contributed by atoms with E-state index in [1.54, 1.807) is 31.2 Å². The first-order valence-corrected chi connectivity index (χ1v) is 10.8. The zero-order chi connectivity index (χ0) is 20.4. The highest BCUT2D eigenvalue weighted by Crippen LogP contribution is 2.26. The van der Waals surface area contributed by atoms with E-state index in [4.69, 9.17) is 16.3 Å². The highest BCUT2D eigenvalue weighted by atomic mass is 35.5. The molecule has 0 aliphatic carbocycles. The Morgan fingerprint density at radius 2 is 1.59 bits per heavy atom. The molecule has 2 atom stereocenters. The van der Waals surface area contributed by atoms with Crippen LogP contribution in [0, 0.1) is 13.8 Å². The van der Waals surface area contributed by atoms with E-state index in [9.17, 15) is 13.2 Å². The first-order chi connectivity index (χ1) is 12.5. The summed E-state index contributed by atoms with van der Waals surface area (Å²) >= 11 is 6.15. The van der Waals surface area contributed by atoms with Crippen LogP contribution in [0.5, 0.6) is 5.75 Å². The lowest BCUT2D eigenvalue weighted by Crippen LogP contribution is -2.37. The highest BCUT2D eigenvalue weighted by Gasteiger charge is 2.19. The van der Waals surface area contributed by atoms with Gasteiger partial charge in [-0.1, -0.05) is 23.7 Å². The summed E-state index contributed by atoms with van der Waals surface area (Å²) in [5, 5.41) is 3.56. The number of ether oxygens (including phenoxy) is 1. The number of hydrogen-bond acceptors (Lipinski definition) is 4. The summed E-state index contributed by atoms with van der Waals surface area (Å²) in [5.41, 5.74) is 2.58. The summed E-state index contributed by atoms with van der Waals surface area (Å²) in [7, 11) is -3.24. The maximum Gasteiger partial charge on any atom is 0.261 e. The van der Waals surface area contributed by atoms with E-state index in [-0.39, 0.29) is 16.8 Å². The molecule has 5 nitrogen and oxygen atoms in total. The molecule has 0 aliphatic rings. The molecule has 27 heavy (non-hydrogen) atoms. The van der Waals surface area contributed by atoms with Crippen LogP contribution in [0.3, 0.4) is 0 Å². The van der Waals surface area contributed by atoms with Crippen LogP contribution in [-0.2, 0) is 14.6 Å². The van der Waals surface area contributed by atoms with Gasteiger partial charge in [0.05, 0.1) is 10.9 Å². The van der Waals surface area contributed by atoms with Crippen LogP contribution in [0.1, 0.15) is 36.6 Å². The fourth-order valence-electron chi connectivity index (χ4n) is 2.65. The van der Waals surface area contributed by atoms with Crippen LogP contribution in [0.2, 0.25) is 5.02 Å². The lowest BCUT2D eigenvalue weighted by molar-refractivity contribution is -0.127. The fourth-order valence-corrected chi connectivity index (χ4v) is 3.39. The molecule has 0 aliphatic heterocycles. The van der Waals surface area contributed by atoms with Gasteiger partial charge >= 0.3 is 0 Å². The number of carbonyl (C=O) groups excluding carboxylic acids is 1. The van der Waals surface area contributed by atoms with Crippen LogP contribution < -0.4 is 10.1 Å². The zero-order valence-electron chi connectivity index (χ0n) is 16.0. The number of carbonyl (C=O) groups is 1. The van der Waals surface area contributed by atoms with Crippen molar-refractivity contribution in [2.45, 2.75) is 44.7 Å². The molecule has 2 unspecified atom stereocenters. The topological polar surface area (TPSA) is 72.5 Å². The second-order valence-electron chi connectivity index (χ2n) is 6.70. The Morgan fingerprint density at radius 3 is 2.07 bits per heavy atom. The fraction of sp³-hybridized carbons (Fsp3) is 0.350. The monoisotopic (exact) mass is 409 g/mol. The van der Waals surface area contributed by atoms with Crippen LogP contribution in [0.15, 0.2) is 41.3 Å². The molecule has 0 aromatic heterocycles. The van der Waals surface area contributed by atoms with Crippen LogP contribution in [0.25, 0.3) is 0 Å². The molecule has 0 bridgehead atoms. The van der Waals surface area contributed by atoms with Gasteiger partial charge in [-0.2, -0.15) is 0 Å². The average Bonchev–Trinajstić information content (AvgIpc) is 2.58. The number of benzene rings is 2. The number of aryl methyl sites for hydroxylation is 2. The van der Waals surface area contributed by atoms with Gasteiger partial charge in [0.1, 0.15) is 5.75 Å². The molecule has 0 fully saturated rings. The lowest BCUT2D eigenvalue weighted by Gasteiger charge is -2.20. The number of halogens is 1. The Morgan fingerprint density at radius 1 is 1.07 bits per heavy atom. The predicted octanol–water partition coefficient (Wildman–Crippen LogP) is 4.01. The second-order valence-corrected chi connectivity index (χ2v) is 9.10. The van der Waals surface area contributed by atoms with Gasteiger partial charge in [-0.15, -0.1) is 0 Å². The SMILES string of the molecule is Cc1cc(OC(C)C(=O)NC(C)c2ccc(S(C)(=O)=O)cc2)cc(C)c1Cl. The van der Waals surface area contributed by atoms with Gasteiger partial charge < -0.3 is 10.1 Å². The van der Waals surface area contributed by atoms with Gasteiger partial charge in [-0.05, 0) is 68.7 Å². The normalized spacial score (nSPS) is 13.7. The van der Waals surface area contributed by atoms with Gasteiger partial charge in [-0.3, -0.25) is 4.79 Å². The maximum absolute atomic E-state index is 12.4. The molecule has 146 valence electrons. The molecular formula is C20H24ClNO4S. The Kier molecular flexibility index (Phi) is 6.54. The van der Waals surface area contributed by atoms with Crippen molar-refractivity contribution in [3.05, 3.63) is 58.1 Å². The molecular weight excluding hydrogens is 386 g/mol. The van der Waals surface area contributed by atoms with Crippen molar-refractivity contribution in [1.82, 2.24) is 5.32 Å². The van der Waals surface area contributed by atoms with E-state index >= 15 is 0 Å². The first-order valence-electron chi connectivity index (χ1n) is 8.53. The van der Waals surface area contributed by atoms with E-state index in [2.05, 4.69) is 5.32 Å². The number of hydrogen-bond donors (Lipinski definition) is 1. The summed E-state index contributed by atoms with van der Waals surface area (Å²) < 4.78 is 28.8. The molecule has 2 rings (SSSR count). The predicted molar refractivity (Wildman–Crippen MR) is 107 cm³/mol. The maximum atomic E-state index is 12.4. The van der Waals surface area contributed by atoms with Crippen LogP contribution in [0.4, 0.5) is 0 Å². The van der Waals surface area contributed by atoms with E-state index in [0.29, 0.717) is 10.8 Å². The molecule has 0 saturated heterocycles. The van der Waals surface area contributed by atoms with E-state index in [1.807, 2.05) is 20.8 Å². The molecule has 2 aromatic carbocycles. The molecule has 0 saturated carbocycles. The summed E-state index contributed by atoms with van der Waals surface area (Å²) in [4.78, 5) is 12.7. The Bertz CT molecular complexity index is 916. The van der Waals surface area contributed by atoms with Crippen molar-refractivity contribution in [2.24, 2.45) is 0 Å². The van der Waals surface area contributed by atoms with Crippen LogP contribution >= 0.6 is 11.6 Å². The molecule has 7 heteroatoms. The van der Waals surface area contributed by atoms with Gasteiger partial charge in [0.2, 0.25) is 0 Å². The summed E-state index contributed by atoms with van der Waals surface area (Å²) in [6, 6.07) is 9.76. The van der Waals surface area contributed by atoms with Gasteiger partial charge in [-0.25, -0.2) is 8.42 Å². The lowest BCUT2D eigenvalue weighted by atomic mass is 10.1. The minimum atomic E-state index is -3.24. The third kappa shape index (κ3) is 5.47. The Hall–Kier alpha value is -2.05. The van der Waals surface area contributed by atoms with E-state index < -0.39 is 15.9 Å². The van der Waals surface area contributed by atoms with Crippen LogP contribution in [-0.4, -0.2) is 26.7 Å². The summed E-state index contributed by atoms with van der Waals surface area (Å²) in [6.07, 6.45) is 0.467. The third-order valence-electron chi connectivity index (χ3n) is 4.26. The smallest absolute Gasteiger partial charge is 0.261 e. The van der Waals surface area contributed by atoms with Crippen molar-refractivity contribution < 1.29 is 17.9 Å². The summed E-state index contributed by atoms with van der Waals surface area (Å²) in [5.74, 6) is 0.321. The Labute approximate surface area is 165 Å². The minimum absolute atomic E-state index is 0.245. The number of amides is 1. The Balaban J connectivity index is 2.03. The third-order valence-corrected chi connectivity index (χ3v) is 5.98. The molecule has 2 aromatic rings. The molecule has 1 amide bonds. The number of sulfone groups is 1. The average molecular weight is 410 g/mol. The highest BCUT2D eigenvalue weighted by molar-refractivity contribution is 7.90.